The van der Waals surface area contributed by atoms with Crippen LogP contribution in [0.4, 0.5) is 0 Å². The van der Waals surface area contributed by atoms with E-state index in [4.69, 9.17) is 9.47 Å². The number of carbonyl (C=O) groups is 1. The second-order valence-corrected chi connectivity index (χ2v) is 3.36. The first-order valence-corrected chi connectivity index (χ1v) is 4.56. The van der Waals surface area contributed by atoms with Crippen LogP contribution < -0.4 is 0 Å². The topological polar surface area (TPSA) is 35.5 Å². The summed E-state index contributed by atoms with van der Waals surface area (Å²) < 4.78 is 10.4. The smallest absolute Gasteiger partial charge is 0.164 e. The number of carbonyl (C=O) groups excluding carboxylic acids is 1. The standard InChI is InChI=1S/C10H16O3/c1-8(2)3-4-9(11)10-7-12-5-6-13-10/h10H,1,3-7H2,2H3. The molecule has 1 rings (SSSR count). The minimum absolute atomic E-state index is 0.128. The molecule has 3 nitrogen and oxygen atoms in total. The van der Waals surface area contributed by atoms with Crippen molar-refractivity contribution in [3.63, 3.8) is 0 Å². The fourth-order valence-electron chi connectivity index (χ4n) is 1.17. The molecule has 0 amide bonds. The van der Waals surface area contributed by atoms with Crippen LogP contribution in [0.15, 0.2) is 12.2 Å². The Morgan fingerprint density at radius 3 is 2.77 bits per heavy atom. The molecule has 3 heteroatoms. The molecule has 0 radical (unpaired) electrons. The molecule has 13 heavy (non-hydrogen) atoms. The number of hydrogen-bond donors (Lipinski definition) is 0. The molecule has 1 heterocycles. The van der Waals surface area contributed by atoms with Crippen LogP contribution >= 0.6 is 0 Å². The van der Waals surface area contributed by atoms with Gasteiger partial charge in [0.25, 0.3) is 0 Å². The number of allylic oxidation sites excluding steroid dienone is 1. The summed E-state index contributed by atoms with van der Waals surface area (Å²) in [5.74, 6) is 0.128. The quantitative estimate of drug-likeness (QED) is 0.618. The van der Waals surface area contributed by atoms with Gasteiger partial charge in [0.05, 0.1) is 19.8 Å². The summed E-state index contributed by atoms with van der Waals surface area (Å²) in [6, 6.07) is 0. The fraction of sp³-hybridized carbons (Fsp3) is 0.700. The van der Waals surface area contributed by atoms with Crippen LogP contribution in [0.5, 0.6) is 0 Å². The Hall–Kier alpha value is -0.670. The Kier molecular flexibility index (Phi) is 4.12. The second kappa shape index (κ2) is 5.14. The molecule has 1 saturated heterocycles. The first-order chi connectivity index (χ1) is 6.20. The zero-order valence-electron chi connectivity index (χ0n) is 8.04. The van der Waals surface area contributed by atoms with E-state index < -0.39 is 0 Å². The molecular weight excluding hydrogens is 168 g/mol. The zero-order valence-corrected chi connectivity index (χ0v) is 8.04. The molecule has 1 aliphatic rings. The molecule has 1 unspecified atom stereocenters. The average molecular weight is 184 g/mol. The molecule has 0 saturated carbocycles. The minimum Gasteiger partial charge on any atom is -0.376 e. The van der Waals surface area contributed by atoms with E-state index >= 15 is 0 Å². The largest absolute Gasteiger partial charge is 0.376 e. The molecular formula is C10H16O3. The van der Waals surface area contributed by atoms with Gasteiger partial charge in [0.1, 0.15) is 6.10 Å². The summed E-state index contributed by atoms with van der Waals surface area (Å²) in [5.41, 5.74) is 1.03. The van der Waals surface area contributed by atoms with Crippen LogP contribution in [0.2, 0.25) is 0 Å². The summed E-state index contributed by atoms with van der Waals surface area (Å²) in [6.45, 7) is 7.21. The van der Waals surface area contributed by atoms with Crippen LogP contribution in [-0.2, 0) is 14.3 Å². The summed E-state index contributed by atoms with van der Waals surface area (Å²) in [4.78, 5) is 11.5. The Balaban J connectivity index is 2.25. The Labute approximate surface area is 78.7 Å². The number of Topliss-reactive ketones (excluding diaryl/α,β-unsaturated/α-hetero) is 1. The normalized spacial score (nSPS) is 22.7. The van der Waals surface area contributed by atoms with E-state index in [1.165, 1.54) is 0 Å². The fourth-order valence-corrected chi connectivity index (χ4v) is 1.17. The average Bonchev–Trinajstić information content (AvgIpc) is 2.15. The van der Waals surface area contributed by atoms with Gasteiger partial charge in [-0.05, 0) is 13.3 Å². The molecule has 1 aliphatic heterocycles. The Morgan fingerprint density at radius 1 is 1.46 bits per heavy atom. The van der Waals surface area contributed by atoms with E-state index in [0.29, 0.717) is 26.2 Å². The van der Waals surface area contributed by atoms with Crippen LogP contribution in [0.25, 0.3) is 0 Å². The maximum absolute atomic E-state index is 11.5. The Morgan fingerprint density at radius 2 is 2.23 bits per heavy atom. The van der Waals surface area contributed by atoms with Crippen molar-refractivity contribution in [3.8, 4) is 0 Å². The molecule has 0 N–H and O–H groups in total. The van der Waals surface area contributed by atoms with Crippen molar-refractivity contribution >= 4 is 5.78 Å². The highest BCUT2D eigenvalue weighted by molar-refractivity contribution is 5.83. The molecule has 0 aromatic rings. The first kappa shape index (κ1) is 10.4. The lowest BCUT2D eigenvalue weighted by Gasteiger charge is -2.21. The third-order valence-corrected chi connectivity index (χ3v) is 1.97. The highest BCUT2D eigenvalue weighted by atomic mass is 16.6. The second-order valence-electron chi connectivity index (χ2n) is 3.36. The van der Waals surface area contributed by atoms with Gasteiger partial charge in [0, 0.05) is 6.42 Å². The number of ketones is 1. The highest BCUT2D eigenvalue weighted by Crippen LogP contribution is 2.08. The van der Waals surface area contributed by atoms with Gasteiger partial charge in [-0.2, -0.15) is 0 Å². The van der Waals surface area contributed by atoms with Crippen LogP contribution in [0, 0.1) is 0 Å². The maximum atomic E-state index is 11.5. The van der Waals surface area contributed by atoms with Gasteiger partial charge in [0.15, 0.2) is 5.78 Å². The molecule has 0 spiro atoms. The van der Waals surface area contributed by atoms with Crippen molar-refractivity contribution in [2.75, 3.05) is 19.8 Å². The van der Waals surface area contributed by atoms with E-state index in [-0.39, 0.29) is 11.9 Å². The van der Waals surface area contributed by atoms with Crippen molar-refractivity contribution in [2.45, 2.75) is 25.9 Å². The number of ether oxygens (including phenoxy) is 2. The van der Waals surface area contributed by atoms with Crippen LogP contribution in [0.3, 0.4) is 0 Å². The van der Waals surface area contributed by atoms with Crippen molar-refractivity contribution < 1.29 is 14.3 Å². The molecule has 0 bridgehead atoms. The van der Waals surface area contributed by atoms with E-state index in [2.05, 4.69) is 6.58 Å². The predicted molar refractivity (Wildman–Crippen MR) is 49.6 cm³/mol. The lowest BCUT2D eigenvalue weighted by atomic mass is 10.1. The third-order valence-electron chi connectivity index (χ3n) is 1.97. The van der Waals surface area contributed by atoms with Crippen molar-refractivity contribution in [2.24, 2.45) is 0 Å². The zero-order chi connectivity index (χ0) is 9.68. The number of rotatable bonds is 4. The number of hydrogen-bond acceptors (Lipinski definition) is 3. The van der Waals surface area contributed by atoms with Crippen molar-refractivity contribution in [1.82, 2.24) is 0 Å². The Bertz CT molecular complexity index is 192. The third kappa shape index (κ3) is 3.70. The molecule has 1 atom stereocenters. The van der Waals surface area contributed by atoms with Gasteiger partial charge in [-0.3, -0.25) is 4.79 Å². The molecule has 74 valence electrons. The molecule has 0 aromatic carbocycles. The molecule has 0 aliphatic carbocycles. The molecule has 1 fully saturated rings. The SMILES string of the molecule is C=C(C)CCC(=O)C1COCCO1. The summed E-state index contributed by atoms with van der Waals surface area (Å²) in [5, 5.41) is 0. The van der Waals surface area contributed by atoms with Gasteiger partial charge in [-0.1, -0.05) is 5.57 Å². The van der Waals surface area contributed by atoms with Gasteiger partial charge in [-0.15, -0.1) is 6.58 Å². The van der Waals surface area contributed by atoms with Gasteiger partial charge < -0.3 is 9.47 Å². The predicted octanol–water partition coefficient (Wildman–Crippen LogP) is 1.33. The lowest BCUT2D eigenvalue weighted by Crippen LogP contribution is -2.35. The summed E-state index contributed by atoms with van der Waals surface area (Å²) in [6.07, 6.45) is 0.926. The maximum Gasteiger partial charge on any atom is 0.164 e. The first-order valence-electron chi connectivity index (χ1n) is 4.56. The summed E-state index contributed by atoms with van der Waals surface area (Å²) in [7, 11) is 0. The molecule has 0 aromatic heterocycles. The van der Waals surface area contributed by atoms with E-state index in [9.17, 15) is 4.79 Å². The van der Waals surface area contributed by atoms with Crippen molar-refractivity contribution in [3.05, 3.63) is 12.2 Å². The summed E-state index contributed by atoms with van der Waals surface area (Å²) >= 11 is 0. The van der Waals surface area contributed by atoms with Gasteiger partial charge in [-0.25, -0.2) is 0 Å². The monoisotopic (exact) mass is 184 g/mol. The van der Waals surface area contributed by atoms with Crippen LogP contribution in [-0.4, -0.2) is 31.7 Å². The van der Waals surface area contributed by atoms with Crippen LogP contribution in [0.1, 0.15) is 19.8 Å². The lowest BCUT2D eigenvalue weighted by molar-refractivity contribution is -0.145. The van der Waals surface area contributed by atoms with E-state index in [1.54, 1.807) is 0 Å². The van der Waals surface area contributed by atoms with E-state index in [1.807, 2.05) is 6.92 Å². The van der Waals surface area contributed by atoms with Gasteiger partial charge >= 0.3 is 0 Å². The minimum atomic E-state index is -0.340. The van der Waals surface area contributed by atoms with E-state index in [0.717, 1.165) is 12.0 Å². The highest BCUT2D eigenvalue weighted by Gasteiger charge is 2.21. The van der Waals surface area contributed by atoms with Crippen molar-refractivity contribution in [1.29, 1.82) is 0 Å². The van der Waals surface area contributed by atoms with Gasteiger partial charge in [0.2, 0.25) is 0 Å².